The Labute approximate surface area is 123 Å². The normalized spacial score (nSPS) is 10.9. The van der Waals surface area contributed by atoms with E-state index >= 15 is 0 Å². The molecule has 19 heavy (non-hydrogen) atoms. The molecule has 0 aromatic heterocycles. The van der Waals surface area contributed by atoms with Crippen molar-refractivity contribution in [2.45, 2.75) is 20.0 Å². The summed E-state index contributed by atoms with van der Waals surface area (Å²) in [6, 6.07) is 14.5. The minimum Gasteiger partial charge on any atom is -0.398 e. The SMILES string of the molecule is Cc1ccc(N)c(CN(C)Cc2ccccc2Br)c1. The molecule has 2 rings (SSSR count). The molecule has 2 aromatic carbocycles. The number of hydrogen-bond donors (Lipinski definition) is 1. The standard InChI is InChI=1S/C16H19BrN2/c1-12-7-8-16(18)14(9-12)11-19(2)10-13-5-3-4-6-15(13)17/h3-9H,10-11,18H2,1-2H3. The van der Waals surface area contributed by atoms with Crippen LogP contribution in [0.3, 0.4) is 0 Å². The van der Waals surface area contributed by atoms with Crippen molar-refractivity contribution in [3.8, 4) is 0 Å². The number of benzene rings is 2. The number of aryl methyl sites for hydroxylation is 1. The van der Waals surface area contributed by atoms with E-state index in [-0.39, 0.29) is 0 Å². The minimum atomic E-state index is 0.856. The van der Waals surface area contributed by atoms with Crippen LogP contribution in [0.5, 0.6) is 0 Å². The van der Waals surface area contributed by atoms with Gasteiger partial charge in [-0.25, -0.2) is 0 Å². The van der Waals surface area contributed by atoms with Crippen LogP contribution >= 0.6 is 15.9 Å². The summed E-state index contributed by atoms with van der Waals surface area (Å²) < 4.78 is 1.15. The van der Waals surface area contributed by atoms with Crippen molar-refractivity contribution >= 4 is 21.6 Å². The maximum Gasteiger partial charge on any atom is 0.0359 e. The van der Waals surface area contributed by atoms with Gasteiger partial charge in [-0.05, 0) is 37.2 Å². The molecule has 2 nitrogen and oxygen atoms in total. The van der Waals surface area contributed by atoms with Crippen LogP contribution in [-0.2, 0) is 13.1 Å². The number of nitrogens with zero attached hydrogens (tertiary/aromatic N) is 1. The second-order valence-electron chi connectivity index (χ2n) is 4.97. The first-order valence-corrected chi connectivity index (χ1v) is 7.12. The predicted octanol–water partition coefficient (Wildman–Crippen LogP) is 3.97. The number of hydrogen-bond acceptors (Lipinski definition) is 2. The Morgan fingerprint density at radius 3 is 2.47 bits per heavy atom. The molecule has 0 saturated heterocycles. The highest BCUT2D eigenvalue weighted by Gasteiger charge is 2.07. The summed E-state index contributed by atoms with van der Waals surface area (Å²) in [6.07, 6.45) is 0. The molecule has 0 spiro atoms. The molecule has 0 unspecified atom stereocenters. The third kappa shape index (κ3) is 3.82. The Balaban J connectivity index is 2.07. The van der Waals surface area contributed by atoms with Gasteiger partial charge < -0.3 is 5.73 Å². The van der Waals surface area contributed by atoms with E-state index in [0.717, 1.165) is 23.2 Å². The summed E-state index contributed by atoms with van der Waals surface area (Å²) in [6.45, 7) is 3.85. The zero-order valence-corrected chi connectivity index (χ0v) is 12.9. The molecule has 2 N–H and O–H groups in total. The fraction of sp³-hybridized carbons (Fsp3) is 0.250. The lowest BCUT2D eigenvalue weighted by atomic mass is 10.1. The Morgan fingerprint density at radius 2 is 1.74 bits per heavy atom. The van der Waals surface area contributed by atoms with Crippen LogP contribution in [0.1, 0.15) is 16.7 Å². The fourth-order valence-electron chi connectivity index (χ4n) is 2.14. The zero-order valence-electron chi connectivity index (χ0n) is 11.4. The molecule has 0 radical (unpaired) electrons. The molecule has 3 heteroatoms. The number of nitrogens with two attached hydrogens (primary N) is 1. The van der Waals surface area contributed by atoms with Crippen molar-refractivity contribution in [3.63, 3.8) is 0 Å². The molecule has 0 amide bonds. The smallest absolute Gasteiger partial charge is 0.0359 e. The highest BCUT2D eigenvalue weighted by atomic mass is 79.9. The van der Waals surface area contributed by atoms with Crippen LogP contribution in [0.4, 0.5) is 5.69 Å². The lowest BCUT2D eigenvalue weighted by Crippen LogP contribution is -2.18. The molecule has 0 aliphatic heterocycles. The average molecular weight is 319 g/mol. The first-order chi connectivity index (χ1) is 9.06. The van der Waals surface area contributed by atoms with Crippen molar-refractivity contribution < 1.29 is 0 Å². The van der Waals surface area contributed by atoms with Crippen molar-refractivity contribution in [2.24, 2.45) is 0 Å². The summed E-state index contributed by atoms with van der Waals surface area (Å²) in [5.74, 6) is 0. The molecule has 0 bridgehead atoms. The maximum atomic E-state index is 6.03. The van der Waals surface area contributed by atoms with E-state index in [9.17, 15) is 0 Å². The third-order valence-electron chi connectivity index (χ3n) is 3.14. The number of rotatable bonds is 4. The van der Waals surface area contributed by atoms with Gasteiger partial charge in [0.05, 0.1) is 0 Å². The highest BCUT2D eigenvalue weighted by molar-refractivity contribution is 9.10. The summed E-state index contributed by atoms with van der Waals surface area (Å²) in [7, 11) is 2.11. The van der Waals surface area contributed by atoms with E-state index in [1.807, 2.05) is 18.2 Å². The fourth-order valence-corrected chi connectivity index (χ4v) is 2.55. The van der Waals surface area contributed by atoms with Gasteiger partial charge in [-0.3, -0.25) is 4.90 Å². The van der Waals surface area contributed by atoms with Gasteiger partial charge in [0, 0.05) is 23.2 Å². The Hall–Kier alpha value is -1.32. The molecule has 0 heterocycles. The van der Waals surface area contributed by atoms with Crippen molar-refractivity contribution in [3.05, 3.63) is 63.6 Å². The minimum absolute atomic E-state index is 0.856. The van der Waals surface area contributed by atoms with Crippen LogP contribution in [0.2, 0.25) is 0 Å². The van der Waals surface area contributed by atoms with E-state index < -0.39 is 0 Å². The Kier molecular flexibility index (Phi) is 4.61. The summed E-state index contributed by atoms with van der Waals surface area (Å²) in [4.78, 5) is 2.27. The van der Waals surface area contributed by atoms with Gasteiger partial charge in [-0.15, -0.1) is 0 Å². The lowest BCUT2D eigenvalue weighted by Gasteiger charge is -2.19. The third-order valence-corrected chi connectivity index (χ3v) is 3.91. The van der Waals surface area contributed by atoms with Crippen molar-refractivity contribution in [1.29, 1.82) is 0 Å². The largest absolute Gasteiger partial charge is 0.398 e. The maximum absolute atomic E-state index is 6.03. The number of anilines is 1. The molecule has 0 aliphatic carbocycles. The molecule has 0 saturated carbocycles. The second-order valence-corrected chi connectivity index (χ2v) is 5.82. The van der Waals surface area contributed by atoms with Crippen LogP contribution in [0.15, 0.2) is 46.9 Å². The van der Waals surface area contributed by atoms with Crippen LogP contribution in [-0.4, -0.2) is 11.9 Å². The van der Waals surface area contributed by atoms with E-state index in [2.05, 4.69) is 59.1 Å². The van der Waals surface area contributed by atoms with Crippen LogP contribution in [0, 0.1) is 6.92 Å². The van der Waals surface area contributed by atoms with E-state index in [1.165, 1.54) is 16.7 Å². The molecule has 0 atom stereocenters. The summed E-state index contributed by atoms with van der Waals surface area (Å²) >= 11 is 3.58. The van der Waals surface area contributed by atoms with Crippen molar-refractivity contribution in [1.82, 2.24) is 4.90 Å². The second kappa shape index (κ2) is 6.22. The van der Waals surface area contributed by atoms with Gasteiger partial charge in [0.2, 0.25) is 0 Å². The van der Waals surface area contributed by atoms with E-state index in [1.54, 1.807) is 0 Å². The Bertz CT molecular complexity index is 566. The molecule has 100 valence electrons. The summed E-state index contributed by atoms with van der Waals surface area (Å²) in [5, 5.41) is 0. The van der Waals surface area contributed by atoms with Gasteiger partial charge >= 0.3 is 0 Å². The first-order valence-electron chi connectivity index (χ1n) is 6.33. The summed E-state index contributed by atoms with van der Waals surface area (Å²) in [5.41, 5.74) is 10.6. The molecular formula is C16H19BrN2. The van der Waals surface area contributed by atoms with E-state index in [0.29, 0.717) is 0 Å². The van der Waals surface area contributed by atoms with Gasteiger partial charge in [-0.2, -0.15) is 0 Å². The predicted molar refractivity (Wildman–Crippen MR) is 84.9 cm³/mol. The van der Waals surface area contributed by atoms with Crippen LogP contribution in [0.25, 0.3) is 0 Å². The molecular weight excluding hydrogens is 300 g/mol. The molecule has 2 aromatic rings. The average Bonchev–Trinajstić information content (AvgIpc) is 2.37. The first kappa shape index (κ1) is 14.1. The van der Waals surface area contributed by atoms with Gasteiger partial charge in [0.15, 0.2) is 0 Å². The number of nitrogen functional groups attached to an aromatic ring is 1. The highest BCUT2D eigenvalue weighted by Crippen LogP contribution is 2.20. The molecule has 0 fully saturated rings. The van der Waals surface area contributed by atoms with E-state index in [4.69, 9.17) is 5.73 Å². The lowest BCUT2D eigenvalue weighted by molar-refractivity contribution is 0.319. The Morgan fingerprint density at radius 1 is 1.05 bits per heavy atom. The quantitative estimate of drug-likeness (QED) is 0.864. The van der Waals surface area contributed by atoms with Crippen molar-refractivity contribution in [2.75, 3.05) is 12.8 Å². The van der Waals surface area contributed by atoms with Gasteiger partial charge in [0.1, 0.15) is 0 Å². The number of halogens is 1. The van der Waals surface area contributed by atoms with Crippen LogP contribution < -0.4 is 5.73 Å². The van der Waals surface area contributed by atoms with Gasteiger partial charge in [0.25, 0.3) is 0 Å². The molecule has 0 aliphatic rings. The zero-order chi connectivity index (χ0) is 13.8. The topological polar surface area (TPSA) is 29.3 Å². The monoisotopic (exact) mass is 318 g/mol. The van der Waals surface area contributed by atoms with Gasteiger partial charge in [-0.1, -0.05) is 51.8 Å².